The van der Waals surface area contributed by atoms with Gasteiger partial charge in [-0.3, -0.25) is 9.67 Å². The molecule has 126 valence electrons. The molecule has 0 radical (unpaired) electrons. The second-order valence-electron chi connectivity index (χ2n) is 7.43. The van der Waals surface area contributed by atoms with E-state index < -0.39 is 0 Å². The molecule has 0 bridgehead atoms. The highest BCUT2D eigenvalue weighted by Crippen LogP contribution is 2.21. The summed E-state index contributed by atoms with van der Waals surface area (Å²) in [6.45, 7) is 13.1. The Kier molecular flexibility index (Phi) is 7.42. The molecule has 1 aromatic heterocycles. The van der Waals surface area contributed by atoms with Crippen molar-refractivity contribution in [3.63, 3.8) is 0 Å². The molecular weight excluding hydrogens is 274 g/mol. The molecule has 0 aliphatic heterocycles. The van der Waals surface area contributed by atoms with E-state index in [1.807, 2.05) is 30.2 Å². The third kappa shape index (κ3) is 8.05. The van der Waals surface area contributed by atoms with Crippen molar-refractivity contribution in [2.75, 3.05) is 13.6 Å². The molecule has 0 fully saturated rings. The summed E-state index contributed by atoms with van der Waals surface area (Å²) in [5.74, 6) is 1.37. The molecule has 0 aromatic carbocycles. The van der Waals surface area contributed by atoms with E-state index in [0.717, 1.165) is 25.5 Å². The Hall–Kier alpha value is -1.52. The van der Waals surface area contributed by atoms with Gasteiger partial charge in [0.2, 0.25) is 0 Å². The fourth-order valence-corrected chi connectivity index (χ4v) is 2.21. The average molecular weight is 307 g/mol. The first-order valence-electron chi connectivity index (χ1n) is 8.25. The second kappa shape index (κ2) is 8.81. The molecule has 0 aliphatic carbocycles. The fraction of sp³-hybridized carbons (Fsp3) is 0.765. The predicted octanol–water partition coefficient (Wildman–Crippen LogP) is 2.90. The van der Waals surface area contributed by atoms with Crippen LogP contribution in [0.5, 0.6) is 0 Å². The maximum absolute atomic E-state index is 4.31. The van der Waals surface area contributed by atoms with Crippen molar-refractivity contribution in [1.29, 1.82) is 0 Å². The summed E-state index contributed by atoms with van der Waals surface area (Å²) < 4.78 is 1.97. The first kappa shape index (κ1) is 18.5. The van der Waals surface area contributed by atoms with Crippen molar-refractivity contribution in [2.24, 2.45) is 16.3 Å². The molecule has 22 heavy (non-hydrogen) atoms. The Bertz CT molecular complexity index is 430. The lowest BCUT2D eigenvalue weighted by atomic mass is 9.89. The van der Waals surface area contributed by atoms with Crippen molar-refractivity contribution in [3.05, 3.63) is 18.5 Å². The number of nitrogens with one attached hydrogen (secondary N) is 2. The lowest BCUT2D eigenvalue weighted by Crippen LogP contribution is -2.44. The Morgan fingerprint density at radius 3 is 2.59 bits per heavy atom. The third-order valence-electron chi connectivity index (χ3n) is 3.61. The van der Waals surface area contributed by atoms with E-state index >= 15 is 0 Å². The van der Waals surface area contributed by atoms with Crippen molar-refractivity contribution >= 4 is 5.96 Å². The second-order valence-corrected chi connectivity index (χ2v) is 7.43. The third-order valence-corrected chi connectivity index (χ3v) is 3.61. The van der Waals surface area contributed by atoms with Gasteiger partial charge in [-0.05, 0) is 37.2 Å². The van der Waals surface area contributed by atoms with E-state index in [1.54, 1.807) is 0 Å². The van der Waals surface area contributed by atoms with Gasteiger partial charge in [0, 0.05) is 38.6 Å². The van der Waals surface area contributed by atoms with E-state index in [4.69, 9.17) is 0 Å². The minimum absolute atomic E-state index is 0.380. The van der Waals surface area contributed by atoms with E-state index in [1.165, 1.54) is 6.42 Å². The number of guanidine groups is 1. The number of hydrogen-bond acceptors (Lipinski definition) is 2. The molecule has 2 atom stereocenters. The van der Waals surface area contributed by atoms with E-state index in [-0.39, 0.29) is 0 Å². The highest BCUT2D eigenvalue weighted by Gasteiger charge is 2.13. The zero-order valence-corrected chi connectivity index (χ0v) is 15.1. The quantitative estimate of drug-likeness (QED) is 0.601. The van der Waals surface area contributed by atoms with Crippen LogP contribution in [0.2, 0.25) is 0 Å². The highest BCUT2D eigenvalue weighted by molar-refractivity contribution is 5.79. The van der Waals surface area contributed by atoms with Crippen LogP contribution < -0.4 is 10.6 Å². The van der Waals surface area contributed by atoms with Gasteiger partial charge in [0.1, 0.15) is 0 Å². The standard InChI is InChI=1S/C17H33N5/c1-14(13-22-11-7-10-20-22)12-19-16(18-6)21-15(2)8-9-17(3,4)5/h7,10-11,14-15H,8-9,12-13H2,1-6H3,(H2,18,19,21). The fourth-order valence-electron chi connectivity index (χ4n) is 2.21. The van der Waals surface area contributed by atoms with Crippen LogP contribution in [0.4, 0.5) is 0 Å². The zero-order chi connectivity index (χ0) is 16.6. The van der Waals surface area contributed by atoms with E-state index in [9.17, 15) is 0 Å². The van der Waals surface area contributed by atoms with Crippen molar-refractivity contribution in [3.8, 4) is 0 Å². The molecular formula is C17H33N5. The molecule has 1 rings (SSSR count). The molecule has 0 spiro atoms. The zero-order valence-electron chi connectivity index (χ0n) is 15.1. The van der Waals surface area contributed by atoms with Crippen LogP contribution in [0.25, 0.3) is 0 Å². The molecule has 1 aromatic rings. The molecule has 0 amide bonds. The molecule has 0 saturated carbocycles. The number of aliphatic imine (C=N–C) groups is 1. The Morgan fingerprint density at radius 2 is 2.05 bits per heavy atom. The minimum Gasteiger partial charge on any atom is -0.356 e. The normalized spacial score (nSPS) is 15.5. The Labute approximate surface area is 135 Å². The topological polar surface area (TPSA) is 54.2 Å². The van der Waals surface area contributed by atoms with Crippen LogP contribution in [0.1, 0.15) is 47.5 Å². The lowest BCUT2D eigenvalue weighted by Gasteiger charge is -2.23. The SMILES string of the molecule is CN=C(NCC(C)Cn1cccn1)NC(C)CCC(C)(C)C. The molecule has 2 N–H and O–H groups in total. The molecule has 5 heteroatoms. The average Bonchev–Trinajstić information content (AvgIpc) is 2.93. The highest BCUT2D eigenvalue weighted by atomic mass is 15.3. The summed E-state index contributed by atoms with van der Waals surface area (Å²) >= 11 is 0. The van der Waals surface area contributed by atoms with Gasteiger partial charge in [-0.1, -0.05) is 27.7 Å². The molecule has 2 unspecified atom stereocenters. The first-order chi connectivity index (χ1) is 10.3. The largest absolute Gasteiger partial charge is 0.356 e. The Balaban J connectivity index is 2.29. The summed E-state index contributed by atoms with van der Waals surface area (Å²) in [5, 5.41) is 11.1. The summed E-state index contributed by atoms with van der Waals surface area (Å²) in [6, 6.07) is 2.38. The summed E-state index contributed by atoms with van der Waals surface area (Å²) in [5.41, 5.74) is 0.380. The van der Waals surface area contributed by atoms with Crippen LogP contribution >= 0.6 is 0 Å². The van der Waals surface area contributed by atoms with Crippen molar-refractivity contribution < 1.29 is 0 Å². The van der Waals surface area contributed by atoms with Gasteiger partial charge in [0.05, 0.1) is 0 Å². The summed E-state index contributed by atoms with van der Waals surface area (Å²) in [7, 11) is 1.82. The number of aromatic nitrogens is 2. The molecule has 0 aliphatic rings. The first-order valence-corrected chi connectivity index (χ1v) is 8.25. The van der Waals surface area contributed by atoms with Gasteiger partial charge < -0.3 is 10.6 Å². The van der Waals surface area contributed by atoms with Crippen LogP contribution in [0.15, 0.2) is 23.5 Å². The van der Waals surface area contributed by atoms with Crippen LogP contribution in [0, 0.1) is 11.3 Å². The van der Waals surface area contributed by atoms with Crippen LogP contribution in [-0.4, -0.2) is 35.4 Å². The van der Waals surface area contributed by atoms with Gasteiger partial charge in [0.15, 0.2) is 5.96 Å². The van der Waals surface area contributed by atoms with Crippen molar-refractivity contribution in [1.82, 2.24) is 20.4 Å². The lowest BCUT2D eigenvalue weighted by molar-refractivity contribution is 0.345. The van der Waals surface area contributed by atoms with Gasteiger partial charge >= 0.3 is 0 Å². The number of nitrogens with zero attached hydrogens (tertiary/aromatic N) is 3. The monoisotopic (exact) mass is 307 g/mol. The number of rotatable bonds is 7. The summed E-state index contributed by atoms with van der Waals surface area (Å²) in [4.78, 5) is 4.31. The summed E-state index contributed by atoms with van der Waals surface area (Å²) in [6.07, 6.45) is 6.16. The van der Waals surface area contributed by atoms with Crippen LogP contribution in [-0.2, 0) is 6.54 Å². The van der Waals surface area contributed by atoms with E-state index in [0.29, 0.717) is 17.4 Å². The van der Waals surface area contributed by atoms with Gasteiger partial charge in [-0.2, -0.15) is 5.10 Å². The minimum atomic E-state index is 0.380. The molecule has 5 nitrogen and oxygen atoms in total. The predicted molar refractivity (Wildman–Crippen MR) is 94.0 cm³/mol. The molecule has 1 heterocycles. The van der Waals surface area contributed by atoms with Crippen molar-refractivity contribution in [2.45, 2.75) is 60.0 Å². The van der Waals surface area contributed by atoms with Crippen LogP contribution in [0.3, 0.4) is 0 Å². The maximum Gasteiger partial charge on any atom is 0.191 e. The maximum atomic E-state index is 4.31. The number of hydrogen-bond donors (Lipinski definition) is 2. The van der Waals surface area contributed by atoms with Gasteiger partial charge in [-0.25, -0.2) is 0 Å². The van der Waals surface area contributed by atoms with E-state index in [2.05, 4.69) is 55.3 Å². The molecule has 0 saturated heterocycles. The van der Waals surface area contributed by atoms with Gasteiger partial charge in [-0.15, -0.1) is 0 Å². The van der Waals surface area contributed by atoms with Gasteiger partial charge in [0.25, 0.3) is 0 Å². The smallest absolute Gasteiger partial charge is 0.191 e. The Morgan fingerprint density at radius 1 is 1.32 bits per heavy atom.